The van der Waals surface area contributed by atoms with Gasteiger partial charge in [-0.05, 0) is 48.7 Å². The fourth-order valence-corrected chi connectivity index (χ4v) is 3.87. The van der Waals surface area contributed by atoms with E-state index in [1.807, 2.05) is 4.57 Å². The second-order valence-electron chi connectivity index (χ2n) is 6.80. The molecule has 1 aromatic carbocycles. The maximum Gasteiger partial charge on any atom is 0.305 e. The van der Waals surface area contributed by atoms with E-state index in [1.54, 1.807) is 6.20 Å². The summed E-state index contributed by atoms with van der Waals surface area (Å²) in [7, 11) is 0. The molecule has 0 spiro atoms. The Hall–Kier alpha value is -2.30. The van der Waals surface area contributed by atoms with Gasteiger partial charge >= 0.3 is 5.97 Å². The van der Waals surface area contributed by atoms with Crippen LogP contribution in [0.1, 0.15) is 35.7 Å². The van der Waals surface area contributed by atoms with Gasteiger partial charge in [0.05, 0.1) is 24.7 Å². The highest BCUT2D eigenvalue weighted by Crippen LogP contribution is 2.32. The molecule has 7 nitrogen and oxygen atoms in total. The van der Waals surface area contributed by atoms with Gasteiger partial charge in [0.2, 0.25) is 5.91 Å². The molecule has 2 atom stereocenters. The monoisotopic (exact) mass is 446 g/mol. The molecule has 1 aromatic heterocycles. The average molecular weight is 447 g/mol. The van der Waals surface area contributed by atoms with E-state index in [0.717, 1.165) is 6.07 Å². The molecule has 11 heteroatoms. The zero-order chi connectivity index (χ0) is 20.4. The van der Waals surface area contributed by atoms with Gasteiger partial charge in [-0.15, -0.1) is 12.4 Å². The minimum absolute atomic E-state index is 0. The van der Waals surface area contributed by atoms with Crippen molar-refractivity contribution in [3.05, 3.63) is 51.6 Å². The molecule has 1 amide bonds. The molecular weight excluding hydrogens is 426 g/mol. The van der Waals surface area contributed by atoms with Crippen molar-refractivity contribution < 1.29 is 23.5 Å². The molecule has 5 N–H and O–H groups in total. The molecule has 0 radical (unpaired) electrons. The van der Waals surface area contributed by atoms with Crippen molar-refractivity contribution in [3.63, 3.8) is 0 Å². The topological polar surface area (TPSA) is 113 Å². The lowest BCUT2D eigenvalue weighted by molar-refractivity contribution is -0.139. The summed E-state index contributed by atoms with van der Waals surface area (Å²) in [5.41, 5.74) is 7.35. The Morgan fingerprint density at radius 2 is 2.14 bits per heavy atom. The number of amides is 1. The van der Waals surface area contributed by atoms with Gasteiger partial charge in [0.15, 0.2) is 4.77 Å². The molecule has 1 heterocycles. The van der Waals surface area contributed by atoms with Crippen LogP contribution in [0, 0.1) is 16.4 Å². The fourth-order valence-electron chi connectivity index (χ4n) is 3.55. The van der Waals surface area contributed by atoms with Crippen LogP contribution in [0.15, 0.2) is 18.3 Å². The number of aliphatic carboxylic acids is 1. The van der Waals surface area contributed by atoms with Crippen molar-refractivity contribution in [3.8, 4) is 0 Å². The Balaban J connectivity index is 0.00000300. The number of halogens is 3. The Labute approximate surface area is 176 Å². The minimum atomic E-state index is -1.16. The van der Waals surface area contributed by atoms with Gasteiger partial charge < -0.3 is 25.7 Å². The third-order valence-electron chi connectivity index (χ3n) is 4.87. The number of nitrogens with two attached hydrogens (primary N) is 1. The Morgan fingerprint density at radius 3 is 2.83 bits per heavy atom. The van der Waals surface area contributed by atoms with Gasteiger partial charge in [-0.1, -0.05) is 0 Å². The highest BCUT2D eigenvalue weighted by Gasteiger charge is 2.25. The smallest absolute Gasteiger partial charge is 0.305 e. The van der Waals surface area contributed by atoms with Crippen LogP contribution in [0.3, 0.4) is 0 Å². The zero-order valence-electron chi connectivity index (χ0n) is 15.3. The highest BCUT2D eigenvalue weighted by atomic mass is 35.5. The van der Waals surface area contributed by atoms with Gasteiger partial charge in [0, 0.05) is 18.3 Å². The van der Waals surface area contributed by atoms with Crippen molar-refractivity contribution in [1.82, 2.24) is 14.9 Å². The lowest BCUT2D eigenvalue weighted by Gasteiger charge is -2.27. The molecular formula is C18H21ClF2N4O3S. The summed E-state index contributed by atoms with van der Waals surface area (Å²) in [6.45, 7) is 0.0974. The molecule has 3 rings (SSSR count). The molecule has 2 aromatic rings. The standard InChI is InChI=1S/C18H20F2N4O3S.ClH/c19-10-3-9-4-11(1-2-13(9)14(20)5-10)24-12(8-23-18(24)28)7-22-17(27)15(21)6-16(25)26;/h3,5,8,11,15H,1-2,4,6-7,21H2,(H,22,27)(H,23,28)(H,25,26);1H/t11-,15+;/m1./s1. The molecule has 0 saturated carbocycles. The molecule has 0 fully saturated rings. The predicted molar refractivity (Wildman–Crippen MR) is 106 cm³/mol. The van der Waals surface area contributed by atoms with Gasteiger partial charge in [-0.2, -0.15) is 0 Å². The number of carbonyl (C=O) groups is 2. The molecule has 0 unspecified atom stereocenters. The number of hydrogen-bond acceptors (Lipinski definition) is 4. The van der Waals surface area contributed by atoms with Gasteiger partial charge in [0.1, 0.15) is 11.6 Å². The van der Waals surface area contributed by atoms with Crippen LogP contribution in [0.4, 0.5) is 8.78 Å². The summed E-state index contributed by atoms with van der Waals surface area (Å²) in [4.78, 5) is 25.5. The number of carboxylic acid groups (broad SMARTS) is 1. The minimum Gasteiger partial charge on any atom is -0.481 e. The van der Waals surface area contributed by atoms with Crippen molar-refractivity contribution >= 4 is 36.5 Å². The number of fused-ring (bicyclic) bond motifs is 1. The van der Waals surface area contributed by atoms with Crippen molar-refractivity contribution in [1.29, 1.82) is 0 Å². The number of carboxylic acids is 1. The van der Waals surface area contributed by atoms with Crippen LogP contribution in [0.5, 0.6) is 0 Å². The van der Waals surface area contributed by atoms with Crippen molar-refractivity contribution in [2.24, 2.45) is 5.73 Å². The third kappa shape index (κ3) is 5.20. The van der Waals surface area contributed by atoms with Gasteiger partial charge in [0.25, 0.3) is 0 Å². The van der Waals surface area contributed by atoms with Crippen LogP contribution in [0.2, 0.25) is 0 Å². The van der Waals surface area contributed by atoms with Crippen molar-refractivity contribution in [2.75, 3.05) is 0 Å². The van der Waals surface area contributed by atoms with Crippen LogP contribution in [0.25, 0.3) is 0 Å². The molecule has 0 aliphatic heterocycles. The number of imidazole rings is 1. The fraction of sp³-hybridized carbons (Fsp3) is 0.389. The number of aromatic amines is 1. The first kappa shape index (κ1) is 23.0. The van der Waals surface area contributed by atoms with E-state index in [1.165, 1.54) is 6.07 Å². The number of aromatic nitrogens is 2. The number of hydrogen-bond donors (Lipinski definition) is 4. The summed E-state index contributed by atoms with van der Waals surface area (Å²) in [6, 6.07) is 0.961. The first-order valence-corrected chi connectivity index (χ1v) is 9.17. The highest BCUT2D eigenvalue weighted by molar-refractivity contribution is 7.71. The van der Waals surface area contributed by atoms with Gasteiger partial charge in [-0.3, -0.25) is 9.59 Å². The lowest BCUT2D eigenvalue weighted by Crippen LogP contribution is -2.41. The van der Waals surface area contributed by atoms with E-state index in [9.17, 15) is 18.4 Å². The van der Waals surface area contributed by atoms with Crippen LogP contribution in [-0.2, 0) is 29.0 Å². The molecule has 158 valence electrons. The van der Waals surface area contributed by atoms with E-state index < -0.39 is 36.0 Å². The largest absolute Gasteiger partial charge is 0.481 e. The first-order valence-electron chi connectivity index (χ1n) is 8.77. The normalized spacial score (nSPS) is 16.4. The number of H-pyrrole nitrogens is 1. The summed E-state index contributed by atoms with van der Waals surface area (Å²) in [6.07, 6.45) is 2.65. The molecule has 0 saturated heterocycles. The summed E-state index contributed by atoms with van der Waals surface area (Å²) < 4.78 is 29.8. The van der Waals surface area contributed by atoms with E-state index in [4.69, 9.17) is 23.1 Å². The Kier molecular flexibility index (Phi) is 7.50. The Bertz CT molecular complexity index is 979. The molecule has 1 aliphatic rings. The van der Waals surface area contributed by atoms with Crippen LogP contribution < -0.4 is 11.1 Å². The first-order chi connectivity index (χ1) is 13.3. The van der Waals surface area contributed by atoms with E-state index in [0.29, 0.717) is 40.9 Å². The second-order valence-corrected chi connectivity index (χ2v) is 7.19. The maximum atomic E-state index is 14.0. The predicted octanol–water partition coefficient (Wildman–Crippen LogP) is 2.39. The second kappa shape index (κ2) is 9.47. The third-order valence-corrected chi connectivity index (χ3v) is 5.18. The number of rotatable bonds is 6. The van der Waals surface area contributed by atoms with E-state index in [2.05, 4.69) is 10.3 Å². The zero-order valence-corrected chi connectivity index (χ0v) is 16.9. The number of carbonyl (C=O) groups excluding carboxylic acids is 1. The Morgan fingerprint density at radius 1 is 1.41 bits per heavy atom. The maximum absolute atomic E-state index is 14.0. The lowest BCUT2D eigenvalue weighted by atomic mass is 9.87. The summed E-state index contributed by atoms with van der Waals surface area (Å²) in [5, 5.41) is 11.3. The SMILES string of the molecule is Cl.N[C@@H](CC(=O)O)C(=O)NCc1c[nH]c(=S)n1[C@@H]1CCc2c(F)cc(F)cc2C1. The molecule has 0 bridgehead atoms. The van der Waals surface area contributed by atoms with Crippen LogP contribution in [-0.4, -0.2) is 32.6 Å². The summed E-state index contributed by atoms with van der Waals surface area (Å²) in [5.74, 6) is -2.90. The number of nitrogens with zero attached hydrogens (tertiary/aromatic N) is 1. The average Bonchev–Trinajstić information content (AvgIpc) is 2.98. The van der Waals surface area contributed by atoms with E-state index in [-0.39, 0.29) is 25.0 Å². The number of benzene rings is 1. The summed E-state index contributed by atoms with van der Waals surface area (Å²) >= 11 is 5.34. The van der Waals surface area contributed by atoms with Crippen LogP contribution >= 0.6 is 24.6 Å². The molecule has 1 aliphatic carbocycles. The quantitative estimate of drug-likeness (QED) is 0.509. The van der Waals surface area contributed by atoms with Gasteiger partial charge in [-0.25, -0.2) is 8.78 Å². The molecule has 29 heavy (non-hydrogen) atoms. The van der Waals surface area contributed by atoms with Crippen molar-refractivity contribution in [2.45, 2.75) is 44.3 Å². The van der Waals surface area contributed by atoms with E-state index >= 15 is 0 Å². The number of nitrogens with one attached hydrogen (secondary N) is 2.